The molecular formula is C31H30N2O5. The number of allylic oxidation sites excluding steroid dienone is 2. The summed E-state index contributed by atoms with van der Waals surface area (Å²) in [6.45, 7) is 6.02. The number of carbonyl (C=O) groups excluding carboxylic acids is 4. The maximum absolute atomic E-state index is 13.5. The Balaban J connectivity index is 1.07. The number of rotatable bonds is 4. The number of esters is 1. The molecule has 8 rings (SSSR count). The molecule has 0 N–H and O–H groups in total. The molecule has 0 radical (unpaired) electrons. The molecule has 38 heavy (non-hydrogen) atoms. The number of benzene rings is 2. The highest BCUT2D eigenvalue weighted by Crippen LogP contribution is 2.65. The van der Waals surface area contributed by atoms with E-state index in [0.29, 0.717) is 28.8 Å². The first-order valence-electron chi connectivity index (χ1n) is 13.5. The molecule has 2 saturated heterocycles. The van der Waals surface area contributed by atoms with E-state index in [2.05, 4.69) is 12.2 Å². The molecule has 2 bridgehead atoms. The number of carbonyl (C=O) groups is 4. The fourth-order valence-electron chi connectivity index (χ4n) is 7.44. The molecule has 4 fully saturated rings. The molecule has 0 aromatic heterocycles. The molecule has 4 aliphatic carbocycles. The summed E-state index contributed by atoms with van der Waals surface area (Å²) in [6.07, 6.45) is 5.56. The van der Waals surface area contributed by atoms with Crippen LogP contribution in [0.1, 0.15) is 29.5 Å². The fraction of sp³-hybridized carbons (Fsp3) is 0.419. The minimum atomic E-state index is -0.568. The molecule has 2 aromatic rings. The van der Waals surface area contributed by atoms with Gasteiger partial charge in [0, 0.05) is 18.7 Å². The number of nitrogens with zero attached hydrogens (tertiary/aromatic N) is 2. The van der Waals surface area contributed by atoms with Crippen LogP contribution in [0.3, 0.4) is 0 Å². The predicted molar refractivity (Wildman–Crippen MR) is 140 cm³/mol. The topological polar surface area (TPSA) is 84.0 Å². The third kappa shape index (κ3) is 3.33. The lowest BCUT2D eigenvalue weighted by Gasteiger charge is -2.37. The van der Waals surface area contributed by atoms with Crippen LogP contribution < -0.4 is 14.5 Å². The number of anilines is 2. The van der Waals surface area contributed by atoms with E-state index in [1.165, 1.54) is 4.90 Å². The lowest BCUT2D eigenvalue weighted by Crippen LogP contribution is -2.40. The lowest BCUT2D eigenvalue weighted by atomic mass is 9.63. The van der Waals surface area contributed by atoms with Gasteiger partial charge in [-0.3, -0.25) is 19.2 Å². The monoisotopic (exact) mass is 510 g/mol. The van der Waals surface area contributed by atoms with Crippen LogP contribution in [-0.2, 0) is 19.2 Å². The van der Waals surface area contributed by atoms with Gasteiger partial charge in [-0.15, -0.1) is 0 Å². The molecule has 2 aliphatic heterocycles. The summed E-state index contributed by atoms with van der Waals surface area (Å²) < 4.78 is 5.68. The van der Waals surface area contributed by atoms with Gasteiger partial charge in [0.25, 0.3) is 0 Å². The van der Waals surface area contributed by atoms with Crippen LogP contribution >= 0.6 is 0 Å². The summed E-state index contributed by atoms with van der Waals surface area (Å²) in [5.74, 6) is -0.0322. The lowest BCUT2D eigenvalue weighted by molar-refractivity contribution is -0.139. The van der Waals surface area contributed by atoms with E-state index in [4.69, 9.17) is 4.74 Å². The van der Waals surface area contributed by atoms with Crippen molar-refractivity contribution in [2.45, 2.75) is 33.6 Å². The van der Waals surface area contributed by atoms with Gasteiger partial charge in [0.15, 0.2) is 0 Å². The highest BCUT2D eigenvalue weighted by molar-refractivity contribution is 6.23. The third-order valence-corrected chi connectivity index (χ3v) is 9.40. The SMILES string of the molecule is Cc1ccc(C)c(N2C[C@H](C(=O)Oc3ccc(N4C(=O)[C@@H]5[C@H]6C=C[C@@H]([C@@H]7C[C@H]67)[C@@H]5C4=O)c(C)c3)CC2=O)c1. The minimum absolute atomic E-state index is 0.0965. The molecule has 7 nitrogen and oxygen atoms in total. The number of amides is 3. The number of imide groups is 1. The van der Waals surface area contributed by atoms with Crippen molar-refractivity contribution in [2.24, 2.45) is 41.4 Å². The Labute approximate surface area is 221 Å². The highest BCUT2D eigenvalue weighted by Gasteiger charge is 2.67. The van der Waals surface area contributed by atoms with Crippen LogP contribution in [0.25, 0.3) is 0 Å². The van der Waals surface area contributed by atoms with Crippen LogP contribution in [-0.4, -0.2) is 30.2 Å². The van der Waals surface area contributed by atoms with Crippen LogP contribution in [0, 0.1) is 62.2 Å². The zero-order chi connectivity index (χ0) is 26.5. The molecule has 0 unspecified atom stereocenters. The number of hydrogen-bond acceptors (Lipinski definition) is 5. The standard InChI is InChI=1S/C31H30N2O5/c1-15-4-5-16(2)25(10-15)32-14-18(12-26(32)34)31(37)38-19-6-9-24(17(3)11-19)33-29(35)27-20-7-8-21(23-13-22(20)23)28(27)30(33)36/h4-11,18,20-23,27-28H,12-14H2,1-3H3/t18-,20+,21+,22-,23+,27-,28+/m1/s1. The van der Waals surface area contributed by atoms with Crippen molar-refractivity contribution in [1.82, 2.24) is 0 Å². The van der Waals surface area contributed by atoms with Crippen LogP contribution in [0.15, 0.2) is 48.6 Å². The molecule has 6 aliphatic rings. The molecule has 194 valence electrons. The van der Waals surface area contributed by atoms with E-state index in [1.807, 2.05) is 39.0 Å². The first-order chi connectivity index (χ1) is 18.2. The van der Waals surface area contributed by atoms with Gasteiger partial charge in [0.2, 0.25) is 17.7 Å². The average molecular weight is 511 g/mol. The number of aryl methyl sites for hydroxylation is 3. The van der Waals surface area contributed by atoms with Gasteiger partial charge in [-0.1, -0.05) is 24.3 Å². The Bertz CT molecular complexity index is 1420. The predicted octanol–water partition coefficient (Wildman–Crippen LogP) is 4.13. The van der Waals surface area contributed by atoms with Gasteiger partial charge in [-0.2, -0.15) is 0 Å². The minimum Gasteiger partial charge on any atom is -0.426 e. The summed E-state index contributed by atoms with van der Waals surface area (Å²) in [6, 6.07) is 11.0. The molecule has 3 amide bonds. The van der Waals surface area contributed by atoms with E-state index in [0.717, 1.165) is 23.2 Å². The normalized spacial score (nSPS) is 32.6. The molecule has 0 spiro atoms. The molecule has 2 aromatic carbocycles. The Hall–Kier alpha value is -3.74. The van der Waals surface area contributed by atoms with E-state index in [9.17, 15) is 19.2 Å². The first-order valence-corrected chi connectivity index (χ1v) is 13.5. The summed E-state index contributed by atoms with van der Waals surface area (Å²) in [7, 11) is 0. The maximum atomic E-state index is 13.5. The van der Waals surface area contributed by atoms with Crippen molar-refractivity contribution in [2.75, 3.05) is 16.3 Å². The zero-order valence-corrected chi connectivity index (χ0v) is 21.7. The molecule has 2 saturated carbocycles. The van der Waals surface area contributed by atoms with Crippen LogP contribution in [0.5, 0.6) is 5.75 Å². The highest BCUT2D eigenvalue weighted by atomic mass is 16.5. The second kappa shape index (κ2) is 8.13. The summed E-state index contributed by atoms with van der Waals surface area (Å²) in [5.41, 5.74) is 4.11. The Kier molecular flexibility index (Phi) is 5.00. The first kappa shape index (κ1) is 23.4. The van der Waals surface area contributed by atoms with Crippen molar-refractivity contribution in [3.63, 3.8) is 0 Å². The van der Waals surface area contributed by atoms with Crippen molar-refractivity contribution >= 4 is 35.1 Å². The van der Waals surface area contributed by atoms with E-state index >= 15 is 0 Å². The van der Waals surface area contributed by atoms with Crippen molar-refractivity contribution in [3.8, 4) is 5.75 Å². The largest absolute Gasteiger partial charge is 0.426 e. The smallest absolute Gasteiger partial charge is 0.316 e. The molecular weight excluding hydrogens is 480 g/mol. The van der Waals surface area contributed by atoms with Crippen LogP contribution in [0.4, 0.5) is 11.4 Å². The zero-order valence-electron chi connectivity index (χ0n) is 21.7. The van der Waals surface area contributed by atoms with Gasteiger partial charge in [0.1, 0.15) is 5.75 Å². The number of hydrogen-bond donors (Lipinski definition) is 0. The quantitative estimate of drug-likeness (QED) is 0.267. The van der Waals surface area contributed by atoms with Crippen LogP contribution in [0.2, 0.25) is 0 Å². The molecule has 7 atom stereocenters. The van der Waals surface area contributed by atoms with Gasteiger partial charge >= 0.3 is 5.97 Å². The van der Waals surface area contributed by atoms with Crippen molar-refractivity contribution < 1.29 is 23.9 Å². The van der Waals surface area contributed by atoms with Gasteiger partial charge in [-0.25, -0.2) is 4.90 Å². The average Bonchev–Trinajstić information content (AvgIpc) is 3.57. The van der Waals surface area contributed by atoms with E-state index in [1.54, 1.807) is 23.1 Å². The summed E-state index contributed by atoms with van der Waals surface area (Å²) in [4.78, 5) is 55.7. The van der Waals surface area contributed by atoms with Gasteiger partial charge in [0.05, 0.1) is 23.4 Å². The Morgan fingerprint density at radius 2 is 1.53 bits per heavy atom. The Morgan fingerprint density at radius 1 is 0.842 bits per heavy atom. The fourth-order valence-corrected chi connectivity index (χ4v) is 7.44. The third-order valence-electron chi connectivity index (χ3n) is 9.40. The maximum Gasteiger partial charge on any atom is 0.316 e. The van der Waals surface area contributed by atoms with Crippen molar-refractivity contribution in [3.05, 3.63) is 65.2 Å². The second-order valence-electron chi connectivity index (χ2n) is 11.7. The molecule has 7 heteroatoms. The molecule has 2 heterocycles. The summed E-state index contributed by atoms with van der Waals surface area (Å²) >= 11 is 0. The summed E-state index contributed by atoms with van der Waals surface area (Å²) in [5, 5.41) is 0. The number of ether oxygens (including phenoxy) is 1. The van der Waals surface area contributed by atoms with Crippen molar-refractivity contribution in [1.29, 1.82) is 0 Å². The van der Waals surface area contributed by atoms with E-state index in [-0.39, 0.29) is 54.4 Å². The second-order valence-corrected chi connectivity index (χ2v) is 11.7. The van der Waals surface area contributed by atoms with Gasteiger partial charge < -0.3 is 9.64 Å². The Morgan fingerprint density at radius 3 is 2.18 bits per heavy atom. The van der Waals surface area contributed by atoms with E-state index < -0.39 is 11.9 Å². The van der Waals surface area contributed by atoms with Gasteiger partial charge in [-0.05, 0) is 91.8 Å².